The van der Waals surface area contributed by atoms with Gasteiger partial charge >= 0.3 is 11.7 Å². The molecule has 6 nitrogen and oxygen atoms in total. The predicted molar refractivity (Wildman–Crippen MR) is 116 cm³/mol. The van der Waals surface area contributed by atoms with Crippen molar-refractivity contribution in [2.24, 2.45) is 0 Å². The number of nitrogens with zero attached hydrogens (tertiary/aromatic N) is 1. The Morgan fingerprint density at radius 1 is 1.25 bits per heavy atom. The van der Waals surface area contributed by atoms with Crippen LogP contribution in [0, 0.1) is 19.7 Å². The number of benzene rings is 1. The summed E-state index contributed by atoms with van der Waals surface area (Å²) in [5.41, 5.74) is 0.727. The number of carbonyl (C=O) groups excluding carboxylic acids is 1. The van der Waals surface area contributed by atoms with Gasteiger partial charge < -0.3 is 5.32 Å². The fourth-order valence-electron chi connectivity index (χ4n) is 2.76. The highest BCUT2D eigenvalue weighted by Crippen LogP contribution is 2.07. The maximum Gasteiger partial charge on any atom is 0.336 e. The van der Waals surface area contributed by atoms with E-state index in [1.165, 1.54) is 23.6 Å². The number of aromatic amines is 1. The molecule has 0 aliphatic rings. The van der Waals surface area contributed by atoms with E-state index in [-0.39, 0.29) is 9.52 Å². The first-order valence-corrected chi connectivity index (χ1v) is 12.2. The molecule has 0 fully saturated rings. The standard InChI is InChI=1S/C19H26FN3O3SSi/c1-13-6-3-7-16(14(13)2)28-11-5-10-27-9-4-8-21-18(25)23-12-15(20)17(24)22-19(23)26/h3,6-7,12H,4-5,8-11,28H2,1-2H3,(H,21,25)(H,22,24,26). The molecule has 0 radical (unpaired) electrons. The van der Waals surface area contributed by atoms with Crippen LogP contribution in [0.5, 0.6) is 0 Å². The summed E-state index contributed by atoms with van der Waals surface area (Å²) in [7, 11) is -0.215. The van der Waals surface area contributed by atoms with Gasteiger partial charge in [-0.05, 0) is 49.3 Å². The number of thioether (sulfide) groups is 1. The van der Waals surface area contributed by atoms with Crippen LogP contribution >= 0.6 is 11.8 Å². The smallest absolute Gasteiger partial charge is 0.336 e. The lowest BCUT2D eigenvalue weighted by Crippen LogP contribution is -2.41. The van der Waals surface area contributed by atoms with Crippen molar-refractivity contribution in [3.05, 3.63) is 62.2 Å². The number of hydrogen-bond donors (Lipinski definition) is 2. The summed E-state index contributed by atoms with van der Waals surface area (Å²) in [6, 6.07) is 7.10. The van der Waals surface area contributed by atoms with E-state index in [0.29, 0.717) is 17.3 Å². The summed E-state index contributed by atoms with van der Waals surface area (Å²) in [4.78, 5) is 36.1. The Labute approximate surface area is 169 Å². The molecule has 1 amide bonds. The van der Waals surface area contributed by atoms with Gasteiger partial charge in [0, 0.05) is 6.54 Å². The van der Waals surface area contributed by atoms with Gasteiger partial charge in [-0.1, -0.05) is 29.4 Å². The van der Waals surface area contributed by atoms with Crippen molar-refractivity contribution in [2.75, 3.05) is 18.1 Å². The molecule has 0 saturated heterocycles. The number of rotatable bonds is 9. The van der Waals surface area contributed by atoms with Crippen molar-refractivity contribution in [2.45, 2.75) is 32.7 Å². The molecule has 1 aromatic carbocycles. The van der Waals surface area contributed by atoms with Crippen molar-refractivity contribution >= 4 is 32.5 Å². The number of aryl methyl sites for hydroxylation is 1. The van der Waals surface area contributed by atoms with Crippen LogP contribution in [0.1, 0.15) is 24.0 Å². The van der Waals surface area contributed by atoms with Crippen molar-refractivity contribution in [1.29, 1.82) is 0 Å². The van der Waals surface area contributed by atoms with E-state index in [2.05, 4.69) is 37.4 Å². The molecule has 0 atom stereocenters. The Hall–Kier alpha value is -2.13. The Morgan fingerprint density at radius 3 is 2.79 bits per heavy atom. The van der Waals surface area contributed by atoms with Gasteiger partial charge in [-0.3, -0.25) is 9.78 Å². The molecule has 0 aliphatic heterocycles. The van der Waals surface area contributed by atoms with E-state index >= 15 is 0 Å². The minimum Gasteiger partial charge on any atom is -0.337 e. The second-order valence-corrected chi connectivity index (χ2v) is 9.81. The minimum atomic E-state index is -1.17. The molecule has 0 bridgehead atoms. The SMILES string of the molecule is Cc1cccc([SiH2]CCCSCCCNC(=O)n2cc(F)c(=O)[nH]c2=O)c1C. The quantitative estimate of drug-likeness (QED) is 0.470. The average molecular weight is 424 g/mol. The van der Waals surface area contributed by atoms with Gasteiger partial charge in [-0.2, -0.15) is 16.2 Å². The van der Waals surface area contributed by atoms with Crippen LogP contribution in [-0.2, 0) is 0 Å². The lowest BCUT2D eigenvalue weighted by Gasteiger charge is -2.08. The number of carbonyl (C=O) groups is 1. The van der Waals surface area contributed by atoms with E-state index in [1.807, 2.05) is 11.8 Å². The maximum atomic E-state index is 13.2. The third kappa shape index (κ3) is 6.49. The van der Waals surface area contributed by atoms with Crippen LogP contribution in [0.4, 0.5) is 9.18 Å². The summed E-state index contributed by atoms with van der Waals surface area (Å²) in [6.45, 7) is 4.75. The molecule has 9 heteroatoms. The zero-order valence-electron chi connectivity index (χ0n) is 16.2. The first-order chi connectivity index (χ1) is 13.4. The van der Waals surface area contributed by atoms with E-state index in [4.69, 9.17) is 0 Å². The Morgan fingerprint density at radius 2 is 2.00 bits per heavy atom. The van der Waals surface area contributed by atoms with Gasteiger partial charge in [0.25, 0.3) is 5.56 Å². The largest absolute Gasteiger partial charge is 0.337 e. The topological polar surface area (TPSA) is 84.0 Å². The van der Waals surface area contributed by atoms with E-state index in [0.717, 1.165) is 17.9 Å². The molecular weight excluding hydrogens is 397 g/mol. The van der Waals surface area contributed by atoms with Crippen molar-refractivity contribution in [3.8, 4) is 0 Å². The molecule has 0 saturated carbocycles. The predicted octanol–water partition coefficient (Wildman–Crippen LogP) is 1.28. The summed E-state index contributed by atoms with van der Waals surface area (Å²) >= 11 is 1.85. The van der Waals surface area contributed by atoms with Crippen LogP contribution in [0.3, 0.4) is 0 Å². The van der Waals surface area contributed by atoms with Gasteiger partial charge in [0.05, 0.1) is 15.7 Å². The van der Waals surface area contributed by atoms with Crippen LogP contribution in [0.2, 0.25) is 6.04 Å². The van der Waals surface area contributed by atoms with E-state index in [1.54, 1.807) is 10.2 Å². The molecule has 2 aromatic rings. The number of hydrogen-bond acceptors (Lipinski definition) is 4. The fraction of sp³-hybridized carbons (Fsp3) is 0.421. The van der Waals surface area contributed by atoms with E-state index < -0.39 is 23.1 Å². The zero-order chi connectivity index (χ0) is 20.5. The summed E-state index contributed by atoms with van der Waals surface area (Å²) in [5.74, 6) is 0.825. The molecular formula is C19H26FN3O3SSi. The van der Waals surface area contributed by atoms with Crippen LogP contribution in [0.15, 0.2) is 34.0 Å². The number of halogens is 1. The first-order valence-electron chi connectivity index (χ1n) is 9.32. The van der Waals surface area contributed by atoms with Crippen LogP contribution in [-0.4, -0.2) is 43.2 Å². The molecule has 1 aromatic heterocycles. The highest BCUT2D eigenvalue weighted by Gasteiger charge is 2.10. The molecule has 2 rings (SSSR count). The highest BCUT2D eigenvalue weighted by molar-refractivity contribution is 7.99. The maximum absolute atomic E-state index is 13.2. The Bertz CT molecular complexity index is 929. The van der Waals surface area contributed by atoms with Crippen LogP contribution < -0.4 is 21.8 Å². The van der Waals surface area contributed by atoms with Crippen LogP contribution in [0.25, 0.3) is 0 Å². The van der Waals surface area contributed by atoms with E-state index in [9.17, 15) is 18.8 Å². The number of H-pyrrole nitrogens is 1. The normalized spacial score (nSPS) is 11.2. The summed E-state index contributed by atoms with van der Waals surface area (Å²) in [5, 5.41) is 4.11. The molecule has 152 valence electrons. The minimum absolute atomic E-state index is 0.215. The highest BCUT2D eigenvalue weighted by atomic mass is 32.2. The van der Waals surface area contributed by atoms with Gasteiger partial charge in [0.2, 0.25) is 5.82 Å². The third-order valence-corrected chi connectivity index (χ3v) is 7.87. The molecule has 0 aliphatic carbocycles. The molecule has 0 spiro atoms. The third-order valence-electron chi connectivity index (χ3n) is 4.56. The van der Waals surface area contributed by atoms with Gasteiger partial charge in [-0.15, -0.1) is 0 Å². The summed E-state index contributed by atoms with van der Waals surface area (Å²) < 4.78 is 13.7. The van der Waals surface area contributed by atoms with Crippen molar-refractivity contribution < 1.29 is 9.18 Å². The summed E-state index contributed by atoms with van der Waals surface area (Å²) in [6.07, 6.45) is 2.55. The Kier molecular flexibility index (Phi) is 8.71. The fourth-order valence-corrected chi connectivity index (χ4v) is 5.92. The molecule has 1 heterocycles. The molecule has 28 heavy (non-hydrogen) atoms. The number of nitrogens with one attached hydrogen (secondary N) is 2. The molecule has 2 N–H and O–H groups in total. The first kappa shape index (κ1) is 22.2. The zero-order valence-corrected chi connectivity index (χ0v) is 18.4. The second kappa shape index (κ2) is 11.0. The number of amides is 1. The Balaban J connectivity index is 1.58. The van der Waals surface area contributed by atoms with Gasteiger partial charge in [0.1, 0.15) is 0 Å². The average Bonchev–Trinajstić information content (AvgIpc) is 2.66. The molecule has 0 unspecified atom stereocenters. The van der Waals surface area contributed by atoms with Crippen molar-refractivity contribution in [1.82, 2.24) is 14.9 Å². The lowest BCUT2D eigenvalue weighted by molar-refractivity contribution is 0.240. The second-order valence-electron chi connectivity index (χ2n) is 6.62. The van der Waals surface area contributed by atoms with Crippen molar-refractivity contribution in [3.63, 3.8) is 0 Å². The number of aromatic nitrogens is 2. The monoisotopic (exact) mass is 423 g/mol. The van der Waals surface area contributed by atoms with Gasteiger partial charge in [-0.25, -0.2) is 14.2 Å². The lowest BCUT2D eigenvalue weighted by atomic mass is 10.1. The van der Waals surface area contributed by atoms with Gasteiger partial charge in [0.15, 0.2) is 0 Å².